The molecule has 0 saturated carbocycles. The van der Waals surface area contributed by atoms with Crippen molar-refractivity contribution in [3.63, 3.8) is 0 Å². The number of nitrogens with zero attached hydrogens (tertiary/aromatic N) is 2. The summed E-state index contributed by atoms with van der Waals surface area (Å²) < 4.78 is 12.3. The van der Waals surface area contributed by atoms with Crippen molar-refractivity contribution in [1.29, 1.82) is 0 Å². The van der Waals surface area contributed by atoms with Gasteiger partial charge in [-0.3, -0.25) is 4.79 Å². The summed E-state index contributed by atoms with van der Waals surface area (Å²) in [6, 6.07) is 13.3. The molecule has 6 nitrogen and oxygen atoms in total. The van der Waals surface area contributed by atoms with E-state index in [-0.39, 0.29) is 5.75 Å². The monoisotopic (exact) mass is 399 g/mol. The van der Waals surface area contributed by atoms with Crippen LogP contribution >= 0.6 is 11.6 Å². The molecule has 0 unspecified atom stereocenters. The lowest BCUT2D eigenvalue weighted by molar-refractivity contribution is 0.402. The van der Waals surface area contributed by atoms with Gasteiger partial charge in [0.15, 0.2) is 0 Å². The van der Waals surface area contributed by atoms with Crippen LogP contribution in [-0.4, -0.2) is 23.8 Å². The lowest BCUT2D eigenvalue weighted by atomic mass is 10.1. The van der Waals surface area contributed by atoms with Gasteiger partial charge in [0.2, 0.25) is 11.7 Å². The molecule has 0 spiro atoms. The maximum absolute atomic E-state index is 12.2. The van der Waals surface area contributed by atoms with E-state index in [1.165, 1.54) is 7.11 Å². The predicted molar refractivity (Wildman–Crippen MR) is 111 cm³/mol. The van der Waals surface area contributed by atoms with Crippen LogP contribution in [0.3, 0.4) is 0 Å². The lowest BCUT2D eigenvalue weighted by Gasteiger charge is -2.17. The first kappa shape index (κ1) is 19.8. The first-order valence-electron chi connectivity index (χ1n) is 8.88. The zero-order valence-electron chi connectivity index (χ0n) is 16.0. The second-order valence-corrected chi connectivity index (χ2v) is 6.63. The van der Waals surface area contributed by atoms with Crippen LogP contribution in [0.5, 0.6) is 11.5 Å². The number of aromatic nitrogens is 2. The first-order chi connectivity index (χ1) is 13.5. The molecular weight excluding hydrogens is 378 g/mol. The Morgan fingerprint density at radius 2 is 1.96 bits per heavy atom. The van der Waals surface area contributed by atoms with E-state index in [4.69, 9.17) is 21.1 Å². The van der Waals surface area contributed by atoms with Crippen molar-refractivity contribution in [3.8, 4) is 11.5 Å². The Morgan fingerprint density at radius 3 is 2.64 bits per heavy atom. The van der Waals surface area contributed by atoms with Crippen LogP contribution in [0.25, 0.3) is 0 Å². The number of hydrogen-bond donors (Lipinski definition) is 1. The Balaban J connectivity index is 2.02. The topological polar surface area (TPSA) is 65.4 Å². The van der Waals surface area contributed by atoms with Gasteiger partial charge in [-0.15, -0.1) is 0 Å². The van der Waals surface area contributed by atoms with Crippen LogP contribution in [0.15, 0.2) is 53.5 Å². The van der Waals surface area contributed by atoms with Crippen molar-refractivity contribution in [2.24, 2.45) is 0 Å². The molecular formula is C21H22ClN3O3. The van der Waals surface area contributed by atoms with Crippen LogP contribution in [-0.2, 0) is 13.0 Å². The van der Waals surface area contributed by atoms with Crippen molar-refractivity contribution in [3.05, 3.63) is 75.2 Å². The van der Waals surface area contributed by atoms with E-state index in [1.54, 1.807) is 13.3 Å². The summed E-state index contributed by atoms with van der Waals surface area (Å²) in [5.41, 5.74) is 2.46. The van der Waals surface area contributed by atoms with Crippen LogP contribution in [0.1, 0.15) is 18.1 Å². The highest BCUT2D eigenvalue weighted by Gasteiger charge is 2.12. The summed E-state index contributed by atoms with van der Waals surface area (Å²) >= 11 is 6.11. The van der Waals surface area contributed by atoms with Gasteiger partial charge in [-0.1, -0.05) is 30.7 Å². The molecule has 3 aromatic rings. The van der Waals surface area contributed by atoms with Crippen molar-refractivity contribution in [2.45, 2.75) is 19.9 Å². The lowest BCUT2D eigenvalue weighted by Crippen LogP contribution is -2.19. The number of aryl methyl sites for hydroxylation is 1. The highest BCUT2D eigenvalue weighted by atomic mass is 35.5. The number of anilines is 2. The number of halogens is 1. The number of methoxy groups -OCH3 is 2. The molecule has 28 heavy (non-hydrogen) atoms. The largest absolute Gasteiger partial charge is 0.497 e. The first-order valence-corrected chi connectivity index (χ1v) is 9.25. The molecule has 3 rings (SSSR count). The molecule has 0 aliphatic carbocycles. The molecule has 1 aromatic heterocycles. The summed E-state index contributed by atoms with van der Waals surface area (Å²) in [4.78, 5) is 16.4. The third-order valence-corrected chi connectivity index (χ3v) is 4.60. The van der Waals surface area contributed by atoms with Gasteiger partial charge in [-0.05, 0) is 47.9 Å². The molecule has 0 fully saturated rings. The smallest absolute Gasteiger partial charge is 0.316 e. The zero-order chi connectivity index (χ0) is 20.1. The fraction of sp³-hybridized carbons (Fsp3) is 0.238. The minimum Gasteiger partial charge on any atom is -0.497 e. The van der Waals surface area contributed by atoms with E-state index in [2.05, 4.69) is 17.2 Å². The molecule has 0 aliphatic heterocycles. The highest BCUT2D eigenvalue weighted by Crippen LogP contribution is 2.26. The molecule has 0 radical (unpaired) electrons. The van der Waals surface area contributed by atoms with Crippen molar-refractivity contribution >= 4 is 23.2 Å². The molecule has 146 valence electrons. The van der Waals surface area contributed by atoms with E-state index in [0.29, 0.717) is 17.5 Å². The van der Waals surface area contributed by atoms with Gasteiger partial charge >= 0.3 is 5.56 Å². The molecule has 1 heterocycles. The van der Waals surface area contributed by atoms with E-state index in [1.807, 2.05) is 47.0 Å². The molecule has 0 amide bonds. The molecule has 0 saturated heterocycles. The summed E-state index contributed by atoms with van der Waals surface area (Å²) in [5, 5.41) is 3.93. The molecule has 7 heteroatoms. The Bertz CT molecular complexity index is 1030. The number of ether oxygens (including phenoxy) is 2. The van der Waals surface area contributed by atoms with Gasteiger partial charge in [0, 0.05) is 10.7 Å². The fourth-order valence-electron chi connectivity index (χ4n) is 2.90. The Morgan fingerprint density at radius 1 is 1.14 bits per heavy atom. The summed E-state index contributed by atoms with van der Waals surface area (Å²) in [6.07, 6.45) is 2.45. The van der Waals surface area contributed by atoms with Crippen molar-refractivity contribution in [2.75, 3.05) is 19.5 Å². The number of rotatable bonds is 7. The number of hydrogen-bond acceptors (Lipinski definition) is 5. The summed E-state index contributed by atoms with van der Waals surface area (Å²) in [6.45, 7) is 2.53. The minimum atomic E-state index is -0.432. The van der Waals surface area contributed by atoms with Gasteiger partial charge in [-0.25, -0.2) is 0 Å². The second kappa shape index (κ2) is 8.80. The molecule has 2 aromatic carbocycles. The Labute approximate surface area is 168 Å². The standard InChI is InChI=1S/C21H22ClN3O3/c1-4-15-11-17(27-2)8-9-18(15)23-21-24-20(26)19(28-3)13-25(21)12-14-6-5-7-16(22)10-14/h5-11,13H,4,12H2,1-3H3,(H,23,24,26). The average molecular weight is 400 g/mol. The molecule has 0 atom stereocenters. The van der Waals surface area contributed by atoms with Crippen LogP contribution in [0.4, 0.5) is 11.6 Å². The summed E-state index contributed by atoms with van der Waals surface area (Å²) in [7, 11) is 3.09. The zero-order valence-corrected chi connectivity index (χ0v) is 16.8. The quantitative estimate of drug-likeness (QED) is 0.642. The van der Waals surface area contributed by atoms with Crippen LogP contribution in [0, 0.1) is 0 Å². The maximum atomic E-state index is 12.2. The highest BCUT2D eigenvalue weighted by molar-refractivity contribution is 6.30. The van der Waals surface area contributed by atoms with Gasteiger partial charge in [0.1, 0.15) is 5.75 Å². The maximum Gasteiger partial charge on any atom is 0.316 e. The van der Waals surface area contributed by atoms with Crippen molar-refractivity contribution < 1.29 is 9.47 Å². The second-order valence-electron chi connectivity index (χ2n) is 6.20. The predicted octanol–water partition coefficient (Wildman–Crippen LogP) is 4.27. The molecule has 1 N–H and O–H groups in total. The van der Waals surface area contributed by atoms with E-state index < -0.39 is 5.56 Å². The Kier molecular flexibility index (Phi) is 6.21. The van der Waals surface area contributed by atoms with Gasteiger partial charge in [0.25, 0.3) is 0 Å². The van der Waals surface area contributed by atoms with Crippen LogP contribution < -0.4 is 20.3 Å². The Hall–Kier alpha value is -2.99. The SMILES string of the molecule is CCc1cc(OC)ccc1Nc1nc(=O)c(OC)cn1Cc1cccc(Cl)c1. The van der Waals surface area contributed by atoms with Gasteiger partial charge in [-0.2, -0.15) is 4.98 Å². The van der Waals surface area contributed by atoms with Gasteiger partial charge < -0.3 is 19.4 Å². The fourth-order valence-corrected chi connectivity index (χ4v) is 3.11. The molecule has 0 bridgehead atoms. The van der Waals surface area contributed by atoms with E-state index >= 15 is 0 Å². The van der Waals surface area contributed by atoms with E-state index in [0.717, 1.165) is 29.0 Å². The van der Waals surface area contributed by atoms with Gasteiger partial charge in [0.05, 0.1) is 27.0 Å². The normalized spacial score (nSPS) is 10.6. The minimum absolute atomic E-state index is 0.179. The van der Waals surface area contributed by atoms with E-state index in [9.17, 15) is 4.79 Å². The summed E-state index contributed by atoms with van der Waals surface area (Å²) in [5.74, 6) is 1.38. The molecule has 0 aliphatic rings. The van der Waals surface area contributed by atoms with Crippen molar-refractivity contribution in [1.82, 2.24) is 9.55 Å². The number of nitrogens with one attached hydrogen (secondary N) is 1. The third kappa shape index (κ3) is 4.46. The third-order valence-electron chi connectivity index (χ3n) is 4.37. The average Bonchev–Trinajstić information content (AvgIpc) is 2.70. The number of benzene rings is 2. The van der Waals surface area contributed by atoms with Crippen LogP contribution in [0.2, 0.25) is 5.02 Å².